The predicted octanol–water partition coefficient (Wildman–Crippen LogP) is 4.29. The van der Waals surface area contributed by atoms with E-state index < -0.39 is 0 Å². The molecule has 2 N–H and O–H groups in total. The molecular weight excluding hydrogens is 350 g/mol. The molecule has 28 heavy (non-hydrogen) atoms. The van der Waals surface area contributed by atoms with Gasteiger partial charge in [0, 0.05) is 35.9 Å². The van der Waals surface area contributed by atoms with E-state index in [4.69, 9.17) is 5.73 Å². The maximum atomic E-state index is 5.57. The third-order valence-electron chi connectivity index (χ3n) is 5.28. The minimum Gasteiger partial charge on any atom is -0.367 e. The van der Waals surface area contributed by atoms with Gasteiger partial charge in [-0.15, -0.1) is 5.10 Å². The lowest BCUT2D eigenvalue weighted by Crippen LogP contribution is -2.14. The smallest absolute Gasteiger partial charge is 0.238 e. The molecular formula is C21H25N7. The molecule has 4 heterocycles. The summed E-state index contributed by atoms with van der Waals surface area (Å²) in [5, 5.41) is 4.12. The number of fused-ring (bicyclic) bond motifs is 2. The molecule has 1 aliphatic carbocycles. The van der Waals surface area contributed by atoms with E-state index in [-0.39, 0.29) is 5.95 Å². The molecule has 7 heteroatoms. The van der Waals surface area contributed by atoms with Crippen LogP contribution in [0.15, 0.2) is 43.1 Å². The van der Waals surface area contributed by atoms with Crippen molar-refractivity contribution in [2.75, 3.05) is 5.73 Å². The van der Waals surface area contributed by atoms with Crippen LogP contribution < -0.4 is 5.73 Å². The van der Waals surface area contributed by atoms with Crippen LogP contribution in [0.25, 0.3) is 27.8 Å². The Labute approximate surface area is 164 Å². The fourth-order valence-electron chi connectivity index (χ4n) is 3.67. The Hall–Kier alpha value is -3.09. The third kappa shape index (κ3) is 3.93. The average molecular weight is 375 g/mol. The minimum absolute atomic E-state index is 0.238. The van der Waals surface area contributed by atoms with Crippen LogP contribution >= 0.6 is 0 Å². The lowest BCUT2D eigenvalue weighted by atomic mass is 9.78. The number of aromatic nitrogens is 6. The molecule has 5 rings (SSSR count). The highest BCUT2D eigenvalue weighted by Crippen LogP contribution is 2.34. The van der Waals surface area contributed by atoms with Crippen LogP contribution in [-0.2, 0) is 0 Å². The molecule has 0 unspecified atom stereocenters. The minimum atomic E-state index is 0.238. The van der Waals surface area contributed by atoms with Crippen LogP contribution in [0.1, 0.15) is 46.0 Å². The summed E-state index contributed by atoms with van der Waals surface area (Å²) >= 11 is 0. The first-order chi connectivity index (χ1) is 13.5. The van der Waals surface area contributed by atoms with Gasteiger partial charge in [0.25, 0.3) is 0 Å². The first kappa shape index (κ1) is 18.3. The molecule has 0 amide bonds. The van der Waals surface area contributed by atoms with Gasteiger partial charge < -0.3 is 5.73 Å². The van der Waals surface area contributed by atoms with Crippen molar-refractivity contribution in [3.63, 3.8) is 0 Å². The number of nitrogens with two attached hydrogens (primary N) is 1. The number of hydrogen-bond donors (Lipinski definition) is 1. The first-order valence-electron chi connectivity index (χ1n) is 9.69. The van der Waals surface area contributed by atoms with Gasteiger partial charge in [-0.3, -0.25) is 4.98 Å². The fourth-order valence-corrected chi connectivity index (χ4v) is 3.67. The van der Waals surface area contributed by atoms with Gasteiger partial charge in [0.1, 0.15) is 5.52 Å². The van der Waals surface area contributed by atoms with Crippen molar-refractivity contribution in [1.82, 2.24) is 29.5 Å². The molecule has 0 radical (unpaired) electrons. The quantitative estimate of drug-likeness (QED) is 0.533. The molecule has 144 valence electrons. The molecule has 1 aliphatic rings. The molecule has 1 saturated carbocycles. The molecule has 0 bridgehead atoms. The second-order valence-corrected chi connectivity index (χ2v) is 8.02. The van der Waals surface area contributed by atoms with E-state index in [1.807, 2.05) is 18.3 Å². The number of nitrogens with zero attached hydrogens (tertiary/aromatic N) is 6. The lowest BCUT2D eigenvalue weighted by molar-refractivity contribution is 0.244. The van der Waals surface area contributed by atoms with Crippen LogP contribution in [0.5, 0.6) is 0 Å². The average Bonchev–Trinajstić information content (AvgIpc) is 3.11. The van der Waals surface area contributed by atoms with E-state index in [9.17, 15) is 0 Å². The number of hydrogen-bond acceptors (Lipinski definition) is 6. The van der Waals surface area contributed by atoms with Crippen molar-refractivity contribution in [3.8, 4) is 11.1 Å². The van der Waals surface area contributed by atoms with Crippen molar-refractivity contribution >= 4 is 22.6 Å². The molecule has 0 atom stereocenters. The second kappa shape index (κ2) is 7.50. The van der Waals surface area contributed by atoms with Gasteiger partial charge in [-0.05, 0) is 30.4 Å². The number of anilines is 1. The summed E-state index contributed by atoms with van der Waals surface area (Å²) in [5.41, 5.74) is 10.4. The molecule has 0 spiro atoms. The predicted molar refractivity (Wildman–Crippen MR) is 111 cm³/mol. The Morgan fingerprint density at radius 1 is 0.964 bits per heavy atom. The largest absolute Gasteiger partial charge is 0.367 e. The van der Waals surface area contributed by atoms with E-state index >= 15 is 0 Å². The molecule has 7 nitrogen and oxygen atoms in total. The van der Waals surface area contributed by atoms with E-state index in [0.29, 0.717) is 11.1 Å². The Morgan fingerprint density at radius 2 is 1.75 bits per heavy atom. The zero-order valence-corrected chi connectivity index (χ0v) is 16.3. The van der Waals surface area contributed by atoms with Gasteiger partial charge in [-0.1, -0.05) is 33.1 Å². The molecule has 4 aromatic heterocycles. The normalized spacial score (nSPS) is 15.9. The molecule has 0 saturated heterocycles. The van der Waals surface area contributed by atoms with Crippen LogP contribution in [0.3, 0.4) is 0 Å². The molecule has 1 fully saturated rings. The summed E-state index contributed by atoms with van der Waals surface area (Å²) in [5.74, 6) is 0.238. The number of pyridine rings is 1. The fraction of sp³-hybridized carbons (Fsp3) is 0.381. The summed E-state index contributed by atoms with van der Waals surface area (Å²) in [7, 11) is 0. The van der Waals surface area contributed by atoms with E-state index in [2.05, 4.69) is 38.9 Å². The van der Waals surface area contributed by atoms with Crippen molar-refractivity contribution in [3.05, 3.63) is 43.1 Å². The third-order valence-corrected chi connectivity index (χ3v) is 5.28. The van der Waals surface area contributed by atoms with E-state index in [1.54, 1.807) is 29.3 Å². The monoisotopic (exact) mass is 375 g/mol. The number of rotatable bonds is 1. The molecule has 4 aromatic rings. The first-order valence-corrected chi connectivity index (χ1v) is 9.69. The number of nitrogen functional groups attached to an aromatic ring is 1. The van der Waals surface area contributed by atoms with Crippen molar-refractivity contribution < 1.29 is 0 Å². The summed E-state index contributed by atoms with van der Waals surface area (Å²) in [4.78, 5) is 16.8. The zero-order chi connectivity index (χ0) is 19.6. The Bertz CT molecular complexity index is 1090. The van der Waals surface area contributed by atoms with E-state index in [1.165, 1.54) is 32.1 Å². The van der Waals surface area contributed by atoms with Crippen molar-refractivity contribution in [2.24, 2.45) is 5.41 Å². The Kier molecular flexibility index (Phi) is 4.90. The molecule has 0 aromatic carbocycles. The summed E-state index contributed by atoms with van der Waals surface area (Å²) in [6.07, 6.45) is 15.9. The summed E-state index contributed by atoms with van der Waals surface area (Å²) in [6.45, 7) is 4.76. The van der Waals surface area contributed by atoms with Gasteiger partial charge in [0.05, 0.1) is 11.7 Å². The lowest BCUT2D eigenvalue weighted by Gasteiger charge is -2.28. The van der Waals surface area contributed by atoms with E-state index in [0.717, 1.165) is 22.2 Å². The second-order valence-electron chi connectivity index (χ2n) is 8.02. The van der Waals surface area contributed by atoms with Gasteiger partial charge in [0.15, 0.2) is 5.65 Å². The topological polar surface area (TPSA) is 94.9 Å². The van der Waals surface area contributed by atoms with Crippen LogP contribution in [0.2, 0.25) is 0 Å². The highest BCUT2D eigenvalue weighted by molar-refractivity contribution is 5.84. The SMILES string of the molecule is CC1(C)CCCCC1.Nc1ncc2c(-c3cnc4nccnc4c3)ccn2n1. The van der Waals surface area contributed by atoms with Crippen LogP contribution in [0.4, 0.5) is 5.95 Å². The Balaban J connectivity index is 0.000000203. The maximum Gasteiger partial charge on any atom is 0.238 e. The standard InChI is InChI=1S/C13H9N7.C8H16/c14-13-18-7-11-9(1-4-20(11)19-13)8-5-10-12(17-6-8)16-3-2-15-10;1-8(2)6-4-3-5-7-8/h1-7H,(H2,14,19);3-7H2,1-2H3. The highest BCUT2D eigenvalue weighted by Gasteiger charge is 2.19. The van der Waals surface area contributed by atoms with Crippen LogP contribution in [-0.4, -0.2) is 29.5 Å². The maximum absolute atomic E-state index is 5.57. The summed E-state index contributed by atoms with van der Waals surface area (Å²) < 4.78 is 1.69. The zero-order valence-electron chi connectivity index (χ0n) is 16.3. The highest BCUT2D eigenvalue weighted by atomic mass is 15.3. The molecule has 0 aliphatic heterocycles. The van der Waals surface area contributed by atoms with Gasteiger partial charge >= 0.3 is 0 Å². The van der Waals surface area contributed by atoms with Gasteiger partial charge in [-0.2, -0.15) is 0 Å². The Morgan fingerprint density at radius 3 is 2.50 bits per heavy atom. The summed E-state index contributed by atoms with van der Waals surface area (Å²) in [6, 6.07) is 3.89. The van der Waals surface area contributed by atoms with Crippen LogP contribution in [0, 0.1) is 5.41 Å². The van der Waals surface area contributed by atoms with Gasteiger partial charge in [0.2, 0.25) is 5.95 Å². The van der Waals surface area contributed by atoms with Gasteiger partial charge in [-0.25, -0.2) is 19.5 Å². The van der Waals surface area contributed by atoms with Crippen molar-refractivity contribution in [1.29, 1.82) is 0 Å². The van der Waals surface area contributed by atoms with Crippen molar-refractivity contribution in [2.45, 2.75) is 46.0 Å².